The minimum Gasteiger partial charge on any atom is -0.493 e. The molecule has 0 saturated heterocycles. The Bertz CT molecular complexity index is 628. The molecule has 0 aromatic heterocycles. The van der Waals surface area contributed by atoms with E-state index in [9.17, 15) is 4.39 Å². The average molecular weight is 337 g/mol. The van der Waals surface area contributed by atoms with Gasteiger partial charge in [-0.2, -0.15) is 0 Å². The first-order valence-corrected chi connectivity index (χ1v) is 7.15. The molecule has 1 aliphatic heterocycles. The van der Waals surface area contributed by atoms with E-state index in [1.54, 1.807) is 0 Å². The number of hydrazine groups is 1. The topological polar surface area (TPSA) is 47.3 Å². The Hall–Kier alpha value is -1.43. The van der Waals surface area contributed by atoms with Gasteiger partial charge in [0.15, 0.2) is 0 Å². The molecule has 1 heterocycles. The highest BCUT2D eigenvalue weighted by Gasteiger charge is 2.23. The van der Waals surface area contributed by atoms with E-state index in [-0.39, 0.29) is 11.9 Å². The van der Waals surface area contributed by atoms with Crippen molar-refractivity contribution in [2.75, 3.05) is 6.61 Å². The van der Waals surface area contributed by atoms with Gasteiger partial charge in [-0.1, -0.05) is 34.1 Å². The Morgan fingerprint density at radius 1 is 1.30 bits per heavy atom. The van der Waals surface area contributed by atoms with Crippen molar-refractivity contribution < 1.29 is 9.13 Å². The lowest BCUT2D eigenvalue weighted by atomic mass is 9.96. The lowest BCUT2D eigenvalue weighted by Crippen LogP contribution is -2.29. The zero-order valence-electron chi connectivity index (χ0n) is 10.7. The zero-order chi connectivity index (χ0) is 14.1. The quantitative estimate of drug-likeness (QED) is 0.668. The molecular weight excluding hydrogens is 323 g/mol. The van der Waals surface area contributed by atoms with E-state index < -0.39 is 0 Å². The summed E-state index contributed by atoms with van der Waals surface area (Å²) in [4.78, 5) is 0. The van der Waals surface area contributed by atoms with E-state index in [4.69, 9.17) is 10.6 Å². The van der Waals surface area contributed by atoms with Crippen LogP contribution in [0.15, 0.2) is 40.9 Å². The normalized spacial score (nSPS) is 14.8. The van der Waals surface area contributed by atoms with Gasteiger partial charge in [0, 0.05) is 16.5 Å². The van der Waals surface area contributed by atoms with Crippen LogP contribution in [0.3, 0.4) is 0 Å². The summed E-state index contributed by atoms with van der Waals surface area (Å²) in [5.74, 6) is 6.24. The van der Waals surface area contributed by atoms with Crippen LogP contribution in [0, 0.1) is 5.82 Å². The third kappa shape index (κ3) is 2.44. The molecule has 0 bridgehead atoms. The Morgan fingerprint density at radius 2 is 2.15 bits per heavy atom. The third-order valence-electron chi connectivity index (χ3n) is 3.44. The molecule has 20 heavy (non-hydrogen) atoms. The van der Waals surface area contributed by atoms with Crippen LogP contribution in [0.2, 0.25) is 0 Å². The number of rotatable bonds is 3. The smallest absolute Gasteiger partial charge is 0.127 e. The Kier molecular flexibility index (Phi) is 3.74. The first-order valence-electron chi connectivity index (χ1n) is 6.36. The second kappa shape index (κ2) is 5.52. The van der Waals surface area contributed by atoms with Crippen LogP contribution in [0.25, 0.3) is 0 Å². The SMILES string of the molecule is NNC(c1cc(F)cc(Br)c1)c1cccc2c1OCC2. The average Bonchev–Trinajstić information content (AvgIpc) is 2.87. The lowest BCUT2D eigenvalue weighted by molar-refractivity contribution is 0.350. The number of ether oxygens (including phenoxy) is 1. The molecule has 0 saturated carbocycles. The molecule has 104 valence electrons. The highest BCUT2D eigenvalue weighted by atomic mass is 79.9. The molecule has 0 radical (unpaired) electrons. The van der Waals surface area contributed by atoms with Gasteiger partial charge >= 0.3 is 0 Å². The fraction of sp³-hybridized carbons (Fsp3) is 0.200. The molecular formula is C15H14BrFN2O. The predicted molar refractivity (Wildman–Crippen MR) is 78.9 cm³/mol. The molecule has 3 rings (SSSR count). The monoisotopic (exact) mass is 336 g/mol. The van der Waals surface area contributed by atoms with Gasteiger partial charge in [-0.15, -0.1) is 0 Å². The van der Waals surface area contributed by atoms with Crippen molar-refractivity contribution in [3.05, 3.63) is 63.4 Å². The predicted octanol–water partition coefficient (Wildman–Crippen LogP) is 3.08. The summed E-state index contributed by atoms with van der Waals surface area (Å²) in [6, 6.07) is 10.4. The molecule has 5 heteroatoms. The highest BCUT2D eigenvalue weighted by Crippen LogP contribution is 2.36. The van der Waals surface area contributed by atoms with Gasteiger partial charge in [-0.3, -0.25) is 5.84 Å². The van der Waals surface area contributed by atoms with Crippen molar-refractivity contribution in [1.29, 1.82) is 0 Å². The van der Waals surface area contributed by atoms with Crippen molar-refractivity contribution in [2.45, 2.75) is 12.5 Å². The van der Waals surface area contributed by atoms with Crippen molar-refractivity contribution in [1.82, 2.24) is 5.43 Å². The molecule has 0 fully saturated rings. The molecule has 2 aromatic carbocycles. The van der Waals surface area contributed by atoms with Gasteiger partial charge in [-0.25, -0.2) is 9.82 Å². The lowest BCUT2D eigenvalue weighted by Gasteiger charge is -2.19. The Morgan fingerprint density at radius 3 is 2.90 bits per heavy atom. The van der Waals surface area contributed by atoms with E-state index in [2.05, 4.69) is 21.4 Å². The van der Waals surface area contributed by atoms with Crippen LogP contribution < -0.4 is 16.0 Å². The summed E-state index contributed by atoms with van der Waals surface area (Å²) >= 11 is 3.31. The van der Waals surface area contributed by atoms with Crippen molar-refractivity contribution >= 4 is 15.9 Å². The number of para-hydroxylation sites is 1. The number of hydrogen-bond donors (Lipinski definition) is 2. The molecule has 3 N–H and O–H groups in total. The van der Waals surface area contributed by atoms with Gasteiger partial charge < -0.3 is 4.74 Å². The molecule has 1 unspecified atom stereocenters. The van der Waals surface area contributed by atoms with E-state index in [1.165, 1.54) is 17.7 Å². The molecule has 0 spiro atoms. The van der Waals surface area contributed by atoms with Gasteiger partial charge in [-0.05, 0) is 29.3 Å². The first kappa shape index (κ1) is 13.5. The van der Waals surface area contributed by atoms with Crippen molar-refractivity contribution in [2.24, 2.45) is 5.84 Å². The van der Waals surface area contributed by atoms with E-state index >= 15 is 0 Å². The second-order valence-electron chi connectivity index (χ2n) is 4.74. The zero-order valence-corrected chi connectivity index (χ0v) is 12.3. The molecule has 0 amide bonds. The summed E-state index contributed by atoms with van der Waals surface area (Å²) < 4.78 is 20.0. The number of fused-ring (bicyclic) bond motifs is 1. The Balaban J connectivity index is 2.08. The summed E-state index contributed by atoms with van der Waals surface area (Å²) in [7, 11) is 0. The third-order valence-corrected chi connectivity index (χ3v) is 3.90. The van der Waals surface area contributed by atoms with Crippen LogP contribution in [0.5, 0.6) is 5.75 Å². The van der Waals surface area contributed by atoms with E-state index in [0.29, 0.717) is 11.1 Å². The number of hydrogen-bond acceptors (Lipinski definition) is 3. The van der Waals surface area contributed by atoms with Crippen LogP contribution in [-0.2, 0) is 6.42 Å². The minimum absolute atomic E-state index is 0.303. The second-order valence-corrected chi connectivity index (χ2v) is 5.65. The fourth-order valence-corrected chi connectivity index (χ4v) is 3.06. The maximum atomic E-state index is 13.6. The van der Waals surface area contributed by atoms with Crippen LogP contribution in [0.4, 0.5) is 4.39 Å². The standard InChI is InChI=1S/C15H14BrFN2O/c16-11-6-10(7-12(17)8-11)14(19-18)13-3-1-2-9-4-5-20-15(9)13/h1-3,6-8,14,19H,4-5,18H2. The molecule has 3 nitrogen and oxygen atoms in total. The van der Waals surface area contributed by atoms with Gasteiger partial charge in [0.05, 0.1) is 12.6 Å². The molecule has 1 aliphatic rings. The highest BCUT2D eigenvalue weighted by molar-refractivity contribution is 9.10. The molecule has 0 aliphatic carbocycles. The maximum absolute atomic E-state index is 13.6. The Labute approximate surface area is 125 Å². The van der Waals surface area contributed by atoms with Crippen LogP contribution in [0.1, 0.15) is 22.7 Å². The maximum Gasteiger partial charge on any atom is 0.127 e. The van der Waals surface area contributed by atoms with Crippen molar-refractivity contribution in [3.63, 3.8) is 0 Å². The van der Waals surface area contributed by atoms with Gasteiger partial charge in [0.25, 0.3) is 0 Å². The van der Waals surface area contributed by atoms with Crippen molar-refractivity contribution in [3.8, 4) is 5.75 Å². The molecule has 1 atom stereocenters. The summed E-state index contributed by atoms with van der Waals surface area (Å²) in [5, 5.41) is 0. The minimum atomic E-state index is -0.310. The van der Waals surface area contributed by atoms with Crippen LogP contribution in [-0.4, -0.2) is 6.61 Å². The number of benzene rings is 2. The number of halogens is 2. The summed E-state index contributed by atoms with van der Waals surface area (Å²) in [5.41, 5.74) is 5.60. The largest absolute Gasteiger partial charge is 0.493 e. The van der Waals surface area contributed by atoms with E-state index in [0.717, 1.165) is 23.3 Å². The van der Waals surface area contributed by atoms with Crippen LogP contribution >= 0.6 is 15.9 Å². The number of nitrogens with two attached hydrogens (primary N) is 1. The van der Waals surface area contributed by atoms with Gasteiger partial charge in [0.1, 0.15) is 11.6 Å². The molecule has 2 aromatic rings. The summed E-state index contributed by atoms with van der Waals surface area (Å²) in [6.07, 6.45) is 0.896. The van der Waals surface area contributed by atoms with E-state index in [1.807, 2.05) is 24.3 Å². The van der Waals surface area contributed by atoms with Gasteiger partial charge in [0.2, 0.25) is 0 Å². The first-order chi connectivity index (χ1) is 9.69. The fourth-order valence-electron chi connectivity index (χ4n) is 2.58. The summed E-state index contributed by atoms with van der Waals surface area (Å²) in [6.45, 7) is 0.677. The number of nitrogens with one attached hydrogen (secondary N) is 1.